The molecule has 0 aromatic carbocycles. The summed E-state index contributed by atoms with van der Waals surface area (Å²) in [5.74, 6) is 0.287. The number of amidine groups is 2. The van der Waals surface area contributed by atoms with Gasteiger partial charge in [0.25, 0.3) is 5.91 Å². The third-order valence-corrected chi connectivity index (χ3v) is 4.86. The first-order valence-electron chi connectivity index (χ1n) is 8.67. The lowest BCUT2D eigenvalue weighted by Crippen LogP contribution is -2.52. The van der Waals surface area contributed by atoms with E-state index in [0.717, 1.165) is 5.57 Å². The van der Waals surface area contributed by atoms with Crippen molar-refractivity contribution in [2.75, 3.05) is 6.26 Å². The van der Waals surface area contributed by atoms with Gasteiger partial charge in [0.1, 0.15) is 17.1 Å². The third-order valence-electron chi connectivity index (χ3n) is 3.87. The summed E-state index contributed by atoms with van der Waals surface area (Å²) in [6.07, 6.45) is 3.16. The molecule has 1 N–H and O–H groups in total. The van der Waals surface area contributed by atoms with Crippen LogP contribution in [0.15, 0.2) is 56.2 Å². The number of nitrogens with zero attached hydrogens (tertiary/aromatic N) is 4. The SMILES string of the molecule is C=C(Cl)/N=C1\C(=C(C)C)N=C(NCc2ccc([S+](C)[O-])cn2)C(=O)N1C(C)C. The zero-order chi connectivity index (χ0) is 21.0. The normalized spacial score (nSPS) is 17.1. The number of nitrogens with one attached hydrogen (secondary N) is 1. The molecule has 0 saturated heterocycles. The summed E-state index contributed by atoms with van der Waals surface area (Å²) >= 11 is 4.79. The average Bonchev–Trinajstić information content (AvgIpc) is 2.60. The summed E-state index contributed by atoms with van der Waals surface area (Å²) in [6, 6.07) is 3.37. The number of carbonyl (C=O) groups excluding carboxylic acids is 1. The Morgan fingerprint density at radius 3 is 2.57 bits per heavy atom. The van der Waals surface area contributed by atoms with Gasteiger partial charge in [-0.2, -0.15) is 0 Å². The van der Waals surface area contributed by atoms with Crippen molar-refractivity contribution >= 4 is 40.4 Å². The van der Waals surface area contributed by atoms with Crippen LogP contribution in [0.4, 0.5) is 0 Å². The van der Waals surface area contributed by atoms with E-state index in [1.54, 1.807) is 29.5 Å². The predicted octanol–water partition coefficient (Wildman–Crippen LogP) is 2.96. The van der Waals surface area contributed by atoms with Gasteiger partial charge in [-0.05, 0) is 56.6 Å². The monoisotopic (exact) mass is 421 g/mol. The molecule has 7 nitrogen and oxygen atoms in total. The highest BCUT2D eigenvalue weighted by molar-refractivity contribution is 7.90. The van der Waals surface area contributed by atoms with Crippen LogP contribution in [-0.4, -0.2) is 44.3 Å². The number of aliphatic imine (C=N–C) groups is 2. The van der Waals surface area contributed by atoms with Gasteiger partial charge < -0.3 is 9.87 Å². The molecule has 9 heteroatoms. The molecule has 1 unspecified atom stereocenters. The molecule has 2 rings (SSSR count). The Hall–Kier alpha value is -2.16. The molecular weight excluding hydrogens is 398 g/mol. The van der Waals surface area contributed by atoms with E-state index in [1.807, 2.05) is 27.7 Å². The van der Waals surface area contributed by atoms with Crippen molar-refractivity contribution < 1.29 is 9.35 Å². The number of halogens is 1. The summed E-state index contributed by atoms with van der Waals surface area (Å²) in [4.78, 5) is 28.2. The minimum Gasteiger partial charge on any atom is -0.612 e. The van der Waals surface area contributed by atoms with Crippen molar-refractivity contribution in [1.82, 2.24) is 15.2 Å². The molecule has 1 aliphatic heterocycles. The van der Waals surface area contributed by atoms with Crippen molar-refractivity contribution in [2.45, 2.75) is 45.2 Å². The van der Waals surface area contributed by atoms with Crippen LogP contribution in [0, 0.1) is 0 Å². The first-order valence-corrected chi connectivity index (χ1v) is 10.6. The summed E-state index contributed by atoms with van der Waals surface area (Å²) in [6.45, 7) is 11.5. The summed E-state index contributed by atoms with van der Waals surface area (Å²) < 4.78 is 11.5. The van der Waals surface area contributed by atoms with Gasteiger partial charge in [0.05, 0.1) is 18.4 Å². The Balaban J connectivity index is 2.34. The molecule has 28 heavy (non-hydrogen) atoms. The van der Waals surface area contributed by atoms with E-state index in [1.165, 1.54) is 0 Å². The fraction of sp³-hybridized carbons (Fsp3) is 0.368. The van der Waals surface area contributed by atoms with Crippen LogP contribution < -0.4 is 5.32 Å². The van der Waals surface area contributed by atoms with Crippen LogP contribution in [0.5, 0.6) is 0 Å². The van der Waals surface area contributed by atoms with Crippen LogP contribution in [-0.2, 0) is 22.5 Å². The van der Waals surface area contributed by atoms with Crippen LogP contribution in [0.25, 0.3) is 0 Å². The van der Waals surface area contributed by atoms with Gasteiger partial charge in [0, 0.05) is 6.04 Å². The molecule has 1 amide bonds. The number of allylic oxidation sites excluding steroid dienone is 1. The Morgan fingerprint density at radius 2 is 2.11 bits per heavy atom. The van der Waals surface area contributed by atoms with Crippen LogP contribution in [0.2, 0.25) is 0 Å². The maximum absolute atomic E-state index is 13.0. The van der Waals surface area contributed by atoms with Gasteiger partial charge in [-0.1, -0.05) is 18.2 Å². The molecule has 1 atom stereocenters. The first kappa shape index (κ1) is 22.1. The number of carbonyl (C=O) groups is 1. The minimum atomic E-state index is -1.08. The van der Waals surface area contributed by atoms with Crippen molar-refractivity contribution in [1.29, 1.82) is 0 Å². The highest BCUT2D eigenvalue weighted by Gasteiger charge is 2.34. The zero-order valence-corrected chi connectivity index (χ0v) is 18.2. The molecule has 1 aromatic rings. The van der Waals surface area contributed by atoms with E-state index in [-0.39, 0.29) is 22.9 Å². The zero-order valence-electron chi connectivity index (χ0n) is 16.6. The lowest BCUT2D eigenvalue weighted by molar-refractivity contribution is -0.122. The van der Waals surface area contributed by atoms with Gasteiger partial charge in [0.15, 0.2) is 16.6 Å². The minimum absolute atomic E-state index is 0.0800. The smallest absolute Gasteiger partial charge is 0.295 e. The standard InChI is InChI=1S/C19H24ClN5O2S/c1-11(2)16-18(23-13(5)20)25(12(3)4)19(26)17(24-16)22-9-14-7-8-15(10-21-14)28(6)27/h7-8,10,12H,5,9H2,1-4,6H3,(H,22,24)/b23-18+. The number of amides is 1. The topological polar surface area (TPSA) is 93.0 Å². The fourth-order valence-electron chi connectivity index (χ4n) is 2.55. The Morgan fingerprint density at radius 1 is 1.43 bits per heavy atom. The lowest BCUT2D eigenvalue weighted by Gasteiger charge is -2.32. The molecule has 150 valence electrons. The van der Waals surface area contributed by atoms with E-state index in [2.05, 4.69) is 26.9 Å². The molecular formula is C19H24ClN5O2S. The van der Waals surface area contributed by atoms with Crippen LogP contribution >= 0.6 is 11.6 Å². The van der Waals surface area contributed by atoms with Crippen molar-refractivity contribution in [3.63, 3.8) is 0 Å². The van der Waals surface area contributed by atoms with Crippen molar-refractivity contribution in [3.05, 3.63) is 47.0 Å². The largest absolute Gasteiger partial charge is 0.612 e. The second kappa shape index (κ2) is 9.36. The number of hydrogen-bond donors (Lipinski definition) is 1. The van der Waals surface area contributed by atoms with Gasteiger partial charge in [-0.25, -0.2) is 9.98 Å². The Labute approximate surface area is 173 Å². The van der Waals surface area contributed by atoms with E-state index in [9.17, 15) is 9.35 Å². The Kier molecular flexibility index (Phi) is 7.40. The van der Waals surface area contributed by atoms with Crippen LogP contribution in [0.1, 0.15) is 33.4 Å². The molecule has 0 fully saturated rings. The number of pyridine rings is 1. The van der Waals surface area contributed by atoms with Crippen LogP contribution in [0.3, 0.4) is 0 Å². The molecule has 0 bridgehead atoms. The van der Waals surface area contributed by atoms with Crippen molar-refractivity contribution in [3.8, 4) is 0 Å². The third kappa shape index (κ3) is 5.21. The maximum Gasteiger partial charge on any atom is 0.295 e. The highest BCUT2D eigenvalue weighted by atomic mass is 35.5. The predicted molar refractivity (Wildman–Crippen MR) is 114 cm³/mol. The molecule has 1 aromatic heterocycles. The van der Waals surface area contributed by atoms with E-state index >= 15 is 0 Å². The average molecular weight is 422 g/mol. The quantitative estimate of drug-likeness (QED) is 0.584. The summed E-state index contributed by atoms with van der Waals surface area (Å²) in [5, 5.41) is 3.14. The molecule has 1 aliphatic rings. The van der Waals surface area contributed by atoms with E-state index < -0.39 is 11.2 Å². The number of hydrogen-bond acceptors (Lipinski definition) is 6. The van der Waals surface area contributed by atoms with Gasteiger partial charge in [-0.3, -0.25) is 14.7 Å². The number of rotatable bonds is 5. The maximum atomic E-state index is 13.0. The lowest BCUT2D eigenvalue weighted by atomic mass is 10.1. The molecule has 0 saturated carbocycles. The first-order chi connectivity index (χ1) is 13.1. The molecule has 2 heterocycles. The molecule has 0 spiro atoms. The number of aromatic nitrogens is 1. The second-order valence-electron chi connectivity index (χ2n) is 6.68. The van der Waals surface area contributed by atoms with Gasteiger partial charge in [-0.15, -0.1) is 0 Å². The van der Waals surface area contributed by atoms with Crippen molar-refractivity contribution in [2.24, 2.45) is 9.98 Å². The summed E-state index contributed by atoms with van der Waals surface area (Å²) in [5.41, 5.74) is 2.16. The summed E-state index contributed by atoms with van der Waals surface area (Å²) in [7, 11) is 0. The fourth-order valence-corrected chi connectivity index (χ4v) is 3.09. The highest BCUT2D eigenvalue weighted by Crippen LogP contribution is 2.21. The van der Waals surface area contributed by atoms with E-state index in [4.69, 9.17) is 11.6 Å². The van der Waals surface area contributed by atoms with Gasteiger partial charge >= 0.3 is 0 Å². The molecule has 0 aliphatic carbocycles. The Bertz CT molecular complexity index is 856. The second-order valence-corrected chi connectivity index (χ2v) is 8.50. The van der Waals surface area contributed by atoms with E-state index in [0.29, 0.717) is 28.7 Å². The molecule has 0 radical (unpaired) electrons. The van der Waals surface area contributed by atoms with Gasteiger partial charge in [0.2, 0.25) is 0 Å².